The summed E-state index contributed by atoms with van der Waals surface area (Å²) in [6, 6.07) is 7.99. The van der Waals surface area contributed by atoms with Crippen molar-refractivity contribution in [3.63, 3.8) is 0 Å². The molecule has 0 saturated carbocycles. The van der Waals surface area contributed by atoms with Crippen LogP contribution in [0.3, 0.4) is 0 Å². The number of ketones is 1. The average Bonchev–Trinajstić information content (AvgIpc) is 2.99. The maximum atomic E-state index is 13.2. The second-order valence-corrected chi connectivity index (χ2v) is 5.71. The highest BCUT2D eigenvalue weighted by atomic mass is 19.4. The molecule has 0 aliphatic heterocycles. The quantitative estimate of drug-likeness (QED) is 0.545. The van der Waals surface area contributed by atoms with Crippen molar-refractivity contribution in [3.05, 3.63) is 54.0 Å². The molecule has 3 rings (SSSR count). The number of alkyl halides is 3. The van der Waals surface area contributed by atoms with Gasteiger partial charge in [0.05, 0.1) is 23.0 Å². The first-order valence-corrected chi connectivity index (χ1v) is 7.90. The predicted molar refractivity (Wildman–Crippen MR) is 89.9 cm³/mol. The lowest BCUT2D eigenvalue weighted by Gasteiger charge is -2.08. The number of carbonyl (C=O) groups is 2. The number of amides is 1. The zero-order valence-corrected chi connectivity index (χ0v) is 14.0. The molecule has 1 aromatic carbocycles. The third kappa shape index (κ3) is 3.67. The maximum absolute atomic E-state index is 13.2. The molecule has 1 N–H and O–H groups in total. The third-order valence-corrected chi connectivity index (χ3v) is 3.86. The molecule has 0 radical (unpaired) electrons. The fraction of sp³-hybridized carbons (Fsp3) is 0.167. The van der Waals surface area contributed by atoms with Crippen molar-refractivity contribution in [3.8, 4) is 11.3 Å². The van der Waals surface area contributed by atoms with Gasteiger partial charge < -0.3 is 5.32 Å². The van der Waals surface area contributed by atoms with Crippen LogP contribution in [0, 0.1) is 5.82 Å². The van der Waals surface area contributed by atoms with Crippen LogP contribution in [-0.2, 0) is 4.79 Å². The molecule has 0 bridgehead atoms. The van der Waals surface area contributed by atoms with Gasteiger partial charge in [0, 0.05) is 12.0 Å². The molecule has 0 fully saturated rings. The van der Waals surface area contributed by atoms with E-state index in [-0.39, 0.29) is 29.1 Å². The number of anilines is 1. The highest BCUT2D eigenvalue weighted by Crippen LogP contribution is 2.29. The predicted octanol–water partition coefficient (Wildman–Crippen LogP) is 4.23. The Morgan fingerprint density at radius 1 is 1.11 bits per heavy atom. The Hall–Kier alpha value is -3.23. The summed E-state index contributed by atoms with van der Waals surface area (Å²) < 4.78 is 51.6. The molecule has 0 saturated heterocycles. The molecule has 0 atom stereocenters. The van der Waals surface area contributed by atoms with Crippen LogP contribution in [0.15, 0.2) is 42.6 Å². The van der Waals surface area contributed by atoms with E-state index in [0.29, 0.717) is 11.1 Å². The van der Waals surface area contributed by atoms with E-state index in [0.717, 1.165) is 0 Å². The van der Waals surface area contributed by atoms with Gasteiger partial charge in [-0.2, -0.15) is 18.3 Å². The lowest BCUT2D eigenvalue weighted by atomic mass is 10.0. The summed E-state index contributed by atoms with van der Waals surface area (Å²) in [5.74, 6) is -2.79. The van der Waals surface area contributed by atoms with E-state index < -0.39 is 17.9 Å². The molecule has 0 aliphatic rings. The molecular weight excluding hydrogens is 366 g/mol. The van der Waals surface area contributed by atoms with Crippen LogP contribution in [0.25, 0.3) is 16.8 Å². The minimum atomic E-state index is -5.03. The summed E-state index contributed by atoms with van der Waals surface area (Å²) in [6.07, 6.45) is -3.66. The zero-order chi connectivity index (χ0) is 19.8. The molecule has 0 unspecified atom stereocenters. The first-order valence-electron chi connectivity index (χ1n) is 7.90. The zero-order valence-electron chi connectivity index (χ0n) is 14.0. The Balaban J connectivity index is 2.11. The number of carbonyl (C=O) groups excluding carboxylic acids is 2. The molecule has 2 aromatic heterocycles. The minimum Gasteiger partial charge on any atom is -0.317 e. The molecule has 5 nitrogen and oxygen atoms in total. The van der Waals surface area contributed by atoms with Gasteiger partial charge in [-0.1, -0.05) is 6.92 Å². The second-order valence-electron chi connectivity index (χ2n) is 5.71. The summed E-state index contributed by atoms with van der Waals surface area (Å²) in [5, 5.41) is 5.99. The van der Waals surface area contributed by atoms with Gasteiger partial charge >= 0.3 is 12.1 Å². The second kappa shape index (κ2) is 6.82. The summed E-state index contributed by atoms with van der Waals surface area (Å²) in [7, 11) is 0. The number of Topliss-reactive ketones (excluding diaryl/α,β-unsaturated/α-hetero) is 1. The summed E-state index contributed by atoms with van der Waals surface area (Å²) in [6.45, 7) is 1.66. The molecular formula is C18H13F4N3O2. The normalized spacial score (nSPS) is 11.6. The van der Waals surface area contributed by atoms with Crippen molar-refractivity contribution in [2.24, 2.45) is 0 Å². The number of hydrogen-bond acceptors (Lipinski definition) is 3. The first-order chi connectivity index (χ1) is 12.7. The molecule has 9 heteroatoms. The monoisotopic (exact) mass is 379 g/mol. The standard InChI is InChI=1S/C18H13F4N3O2/c1-2-14(26)15-13-8-7-12(23-17(27)18(20,21)22)9-25(13)24-16(15)10-3-5-11(19)6-4-10/h3-9H,2H2,1H3,(H,23,27). The maximum Gasteiger partial charge on any atom is 0.471 e. The molecule has 27 heavy (non-hydrogen) atoms. The number of pyridine rings is 1. The van der Waals surface area contributed by atoms with Gasteiger partial charge in [-0.05, 0) is 36.4 Å². The van der Waals surface area contributed by atoms with Crippen molar-refractivity contribution in [2.75, 3.05) is 5.32 Å². The Bertz CT molecular complexity index is 1020. The van der Waals surface area contributed by atoms with Crippen LogP contribution < -0.4 is 5.32 Å². The number of rotatable bonds is 4. The van der Waals surface area contributed by atoms with Crippen molar-refractivity contribution in [1.82, 2.24) is 9.61 Å². The number of benzene rings is 1. The molecule has 2 heterocycles. The van der Waals surface area contributed by atoms with Crippen LogP contribution >= 0.6 is 0 Å². The number of fused-ring (bicyclic) bond motifs is 1. The highest BCUT2D eigenvalue weighted by molar-refractivity contribution is 6.07. The lowest BCUT2D eigenvalue weighted by Crippen LogP contribution is -2.30. The van der Waals surface area contributed by atoms with Crippen molar-refractivity contribution in [1.29, 1.82) is 0 Å². The van der Waals surface area contributed by atoms with Gasteiger partial charge in [-0.3, -0.25) is 9.59 Å². The van der Waals surface area contributed by atoms with Crippen LogP contribution in [-0.4, -0.2) is 27.5 Å². The fourth-order valence-electron chi connectivity index (χ4n) is 2.59. The topological polar surface area (TPSA) is 63.5 Å². The lowest BCUT2D eigenvalue weighted by molar-refractivity contribution is -0.167. The Labute approximate surface area is 150 Å². The molecule has 3 aromatic rings. The van der Waals surface area contributed by atoms with Crippen molar-refractivity contribution >= 4 is 22.9 Å². The van der Waals surface area contributed by atoms with Gasteiger partial charge in [-0.15, -0.1) is 0 Å². The highest BCUT2D eigenvalue weighted by Gasteiger charge is 2.38. The van der Waals surface area contributed by atoms with E-state index in [1.54, 1.807) is 12.2 Å². The van der Waals surface area contributed by atoms with E-state index >= 15 is 0 Å². The summed E-state index contributed by atoms with van der Waals surface area (Å²) >= 11 is 0. The number of halogens is 4. The first kappa shape index (κ1) is 18.6. The minimum absolute atomic E-state index is 0.131. The number of nitrogens with zero attached hydrogens (tertiary/aromatic N) is 2. The third-order valence-electron chi connectivity index (χ3n) is 3.86. The summed E-state index contributed by atoms with van der Waals surface area (Å²) in [5.41, 5.74) is 1.27. The van der Waals surface area contributed by atoms with Crippen molar-refractivity contribution in [2.45, 2.75) is 19.5 Å². The molecule has 0 aliphatic carbocycles. The van der Waals surface area contributed by atoms with E-state index in [2.05, 4.69) is 5.10 Å². The number of nitrogens with one attached hydrogen (secondary N) is 1. The number of hydrogen-bond donors (Lipinski definition) is 1. The summed E-state index contributed by atoms with van der Waals surface area (Å²) in [4.78, 5) is 23.5. The van der Waals surface area contributed by atoms with Gasteiger partial charge in [0.1, 0.15) is 11.5 Å². The van der Waals surface area contributed by atoms with Crippen LogP contribution in [0.2, 0.25) is 0 Å². The Morgan fingerprint density at radius 3 is 2.37 bits per heavy atom. The van der Waals surface area contributed by atoms with Gasteiger partial charge in [0.15, 0.2) is 5.78 Å². The largest absolute Gasteiger partial charge is 0.471 e. The SMILES string of the molecule is CCC(=O)c1c(-c2ccc(F)cc2)nn2cc(NC(=O)C(F)(F)F)ccc12. The van der Waals surface area contributed by atoms with E-state index in [1.807, 2.05) is 0 Å². The van der Waals surface area contributed by atoms with E-state index in [9.17, 15) is 27.2 Å². The van der Waals surface area contributed by atoms with Gasteiger partial charge in [-0.25, -0.2) is 8.91 Å². The van der Waals surface area contributed by atoms with Gasteiger partial charge in [0.2, 0.25) is 0 Å². The molecule has 140 valence electrons. The van der Waals surface area contributed by atoms with E-state index in [4.69, 9.17) is 0 Å². The van der Waals surface area contributed by atoms with Crippen LogP contribution in [0.1, 0.15) is 23.7 Å². The molecule has 0 spiro atoms. The Morgan fingerprint density at radius 2 is 1.78 bits per heavy atom. The van der Waals surface area contributed by atoms with Crippen LogP contribution in [0.4, 0.5) is 23.2 Å². The Kier molecular flexibility index (Phi) is 4.69. The average molecular weight is 379 g/mol. The van der Waals surface area contributed by atoms with Crippen LogP contribution in [0.5, 0.6) is 0 Å². The van der Waals surface area contributed by atoms with Gasteiger partial charge in [0.25, 0.3) is 0 Å². The number of aromatic nitrogens is 2. The van der Waals surface area contributed by atoms with Crippen molar-refractivity contribution < 1.29 is 27.2 Å². The van der Waals surface area contributed by atoms with E-state index in [1.165, 1.54) is 47.1 Å². The smallest absolute Gasteiger partial charge is 0.317 e. The fourth-order valence-corrected chi connectivity index (χ4v) is 2.59. The molecule has 1 amide bonds.